The van der Waals surface area contributed by atoms with Crippen molar-refractivity contribution in [2.75, 3.05) is 9.80 Å². The van der Waals surface area contributed by atoms with Crippen LogP contribution in [0.1, 0.15) is 61.1 Å². The Morgan fingerprint density at radius 1 is 0.836 bits per heavy atom. The zero-order chi connectivity index (χ0) is 42.9. The molecule has 1 aromatic heterocycles. The largest absolute Gasteiger partial charge is 0.477 e. The number of rotatable bonds is 14. The van der Waals surface area contributed by atoms with Crippen LogP contribution in [0, 0.1) is 49.7 Å². The second kappa shape index (κ2) is 19.2. The Morgan fingerprint density at radius 3 is 2.25 bits per heavy atom. The number of carboxylic acids is 1. The van der Waals surface area contributed by atoms with Crippen LogP contribution in [-0.2, 0) is 11.2 Å². The lowest BCUT2D eigenvalue weighted by atomic mass is 10.0. The first-order valence-corrected chi connectivity index (χ1v) is 21.4. The van der Waals surface area contributed by atoms with Gasteiger partial charge in [-0.25, -0.2) is 4.79 Å². The Balaban J connectivity index is 1.57. The second-order valence-electron chi connectivity index (χ2n) is 15.2. The molecule has 0 bridgehead atoms. The topological polar surface area (TPSA) is 67.6 Å². The number of carboxylic acid groups (broad SMARTS) is 1. The van der Waals surface area contributed by atoms with Crippen molar-refractivity contribution in [1.82, 2.24) is 0 Å². The highest BCUT2D eigenvalue weighted by atomic mass is 32.1. The van der Waals surface area contributed by atoms with Crippen LogP contribution in [0.4, 0.5) is 28.4 Å². The molecule has 6 heteroatoms. The van der Waals surface area contributed by atoms with Gasteiger partial charge in [0.05, 0.1) is 5.69 Å². The number of aryl methyl sites for hydroxylation is 3. The van der Waals surface area contributed by atoms with Crippen molar-refractivity contribution in [3.05, 3.63) is 177 Å². The Labute approximate surface area is 363 Å². The van der Waals surface area contributed by atoms with Crippen molar-refractivity contribution < 1.29 is 9.90 Å². The van der Waals surface area contributed by atoms with Crippen LogP contribution in [0.2, 0.25) is 0 Å². The number of hydrogen-bond donors (Lipinski definition) is 1. The quantitative estimate of drug-likeness (QED) is 0.0513. The van der Waals surface area contributed by atoms with Gasteiger partial charge in [-0.05, 0) is 123 Å². The number of aliphatic carboxylic acids is 1. The van der Waals surface area contributed by atoms with E-state index in [1.807, 2.05) is 18.2 Å². The van der Waals surface area contributed by atoms with E-state index in [1.165, 1.54) is 17.4 Å². The minimum Gasteiger partial charge on any atom is -0.477 e. The maximum absolute atomic E-state index is 12.1. The number of carbonyl (C=O) groups is 1. The Bertz CT molecular complexity index is 2940. The standard InChI is InChI=1S/C55H47N3O2S/c1-6-8-9-10-19-43-34-54(61-53(43)35-45(37-56)55(59)60)44-32-48(57(46-28-24-38(3)25-29-46)40(5)50-21-13-11-17-41(50)16-7-2)36-49(33-44)58(47-30-26-39(4)27-31-47)52-23-15-20-42-18-12-14-22-51(42)52/h2,12-16,18,20-36H,6,8-10,19H2,1,3-5H3,(H,59,60)/b41-16-,45-35-,50-40+. The number of nitrogens with zero attached hydrogens (tertiary/aromatic N) is 3. The van der Waals surface area contributed by atoms with E-state index in [9.17, 15) is 15.2 Å². The molecule has 0 unspecified atom stereocenters. The number of anilines is 5. The summed E-state index contributed by atoms with van der Waals surface area (Å²) in [4.78, 5) is 18.5. The van der Waals surface area contributed by atoms with Gasteiger partial charge in [0.25, 0.3) is 0 Å². The number of thiophene rings is 1. The predicted octanol–water partition coefficient (Wildman–Crippen LogP) is 12.7. The van der Waals surface area contributed by atoms with Crippen molar-refractivity contribution in [3.63, 3.8) is 0 Å². The zero-order valence-electron chi connectivity index (χ0n) is 35.0. The maximum Gasteiger partial charge on any atom is 0.346 e. The number of terminal acetylenes is 1. The van der Waals surface area contributed by atoms with E-state index < -0.39 is 5.97 Å². The highest BCUT2D eigenvalue weighted by Crippen LogP contribution is 2.45. The summed E-state index contributed by atoms with van der Waals surface area (Å²) in [6, 6.07) is 52.9. The molecule has 0 spiro atoms. The minimum absolute atomic E-state index is 0.286. The van der Waals surface area contributed by atoms with Crippen LogP contribution in [0.15, 0.2) is 133 Å². The van der Waals surface area contributed by atoms with Crippen molar-refractivity contribution in [2.45, 2.75) is 59.8 Å². The lowest BCUT2D eigenvalue weighted by Gasteiger charge is -2.31. The lowest BCUT2D eigenvalue weighted by Crippen LogP contribution is -2.31. The molecule has 1 heterocycles. The molecule has 0 amide bonds. The monoisotopic (exact) mass is 813 g/mol. The van der Waals surface area contributed by atoms with E-state index in [2.05, 4.69) is 171 Å². The van der Waals surface area contributed by atoms with Crippen LogP contribution in [-0.4, -0.2) is 11.1 Å². The average Bonchev–Trinajstić information content (AvgIpc) is 3.68. The molecule has 0 atom stereocenters. The Morgan fingerprint density at radius 2 is 1.54 bits per heavy atom. The number of nitriles is 1. The second-order valence-corrected chi connectivity index (χ2v) is 16.3. The molecule has 6 aromatic carbocycles. The maximum atomic E-state index is 12.1. The third-order valence-electron chi connectivity index (χ3n) is 10.8. The van der Waals surface area contributed by atoms with Crippen molar-refractivity contribution in [1.29, 1.82) is 5.26 Å². The fraction of sp³-hybridized carbons (Fsp3) is 0.164. The SMILES string of the molecule is C#C/C=c1/c#ccc/c1=C(/C)N(c1ccc(C)cc1)c1cc(-c2cc(CCCCCC)c(/C=C(/C#N)C(=O)O)s2)cc(N(c2ccc(C)cc2)c2cccc3ccccc23)c1. The van der Waals surface area contributed by atoms with Gasteiger partial charge in [0.1, 0.15) is 11.6 Å². The number of unbranched alkanes of at least 4 members (excludes halogenated alkanes) is 3. The summed E-state index contributed by atoms with van der Waals surface area (Å²) in [6.07, 6.45) is 14.1. The van der Waals surface area contributed by atoms with Crippen LogP contribution >= 0.6 is 11.3 Å². The summed E-state index contributed by atoms with van der Waals surface area (Å²) in [7, 11) is 0. The minimum atomic E-state index is -1.24. The summed E-state index contributed by atoms with van der Waals surface area (Å²) >= 11 is 1.52. The van der Waals surface area contributed by atoms with E-state index >= 15 is 0 Å². The van der Waals surface area contributed by atoms with Gasteiger partial charge in [0, 0.05) is 60.1 Å². The fourth-order valence-corrected chi connectivity index (χ4v) is 8.85. The molecule has 7 rings (SSSR count). The predicted molar refractivity (Wildman–Crippen MR) is 255 cm³/mol. The molecular formula is C55H47N3O2S. The molecule has 0 aliphatic carbocycles. The third-order valence-corrected chi connectivity index (χ3v) is 12.0. The summed E-state index contributed by atoms with van der Waals surface area (Å²) in [5.74, 6) is 1.46. The van der Waals surface area contributed by atoms with Gasteiger partial charge in [0.2, 0.25) is 0 Å². The summed E-state index contributed by atoms with van der Waals surface area (Å²) < 4.78 is 0. The molecule has 7 aromatic rings. The first-order chi connectivity index (χ1) is 29.7. The van der Waals surface area contributed by atoms with Crippen LogP contribution in [0.5, 0.6) is 0 Å². The molecule has 0 aliphatic heterocycles. The molecule has 0 radical (unpaired) electrons. The van der Waals surface area contributed by atoms with Gasteiger partial charge in [0.15, 0.2) is 0 Å². The summed E-state index contributed by atoms with van der Waals surface area (Å²) in [6.45, 7) is 8.47. The van der Waals surface area contributed by atoms with E-state index in [0.29, 0.717) is 0 Å². The van der Waals surface area contributed by atoms with E-state index in [0.717, 1.165) is 119 Å². The number of benzene rings is 5. The molecule has 300 valence electrons. The molecular weight excluding hydrogens is 767 g/mol. The van der Waals surface area contributed by atoms with Gasteiger partial charge >= 0.3 is 5.97 Å². The van der Waals surface area contributed by atoms with Crippen LogP contribution in [0.25, 0.3) is 39.1 Å². The normalized spacial score (nSPS) is 12.0. The average molecular weight is 814 g/mol. The van der Waals surface area contributed by atoms with Gasteiger partial charge in [-0.3, -0.25) is 0 Å². The van der Waals surface area contributed by atoms with Gasteiger partial charge < -0.3 is 14.9 Å². The molecule has 0 saturated heterocycles. The third kappa shape index (κ3) is 9.45. The van der Waals surface area contributed by atoms with Crippen LogP contribution < -0.4 is 20.2 Å². The van der Waals surface area contributed by atoms with Gasteiger partial charge in [-0.15, -0.1) is 17.8 Å². The smallest absolute Gasteiger partial charge is 0.346 e. The van der Waals surface area contributed by atoms with Crippen molar-refractivity contribution in [3.8, 4) is 28.9 Å². The molecule has 0 aliphatic rings. The number of hydrogen-bond acceptors (Lipinski definition) is 5. The highest BCUT2D eigenvalue weighted by Gasteiger charge is 2.22. The molecule has 61 heavy (non-hydrogen) atoms. The molecule has 1 N–H and O–H groups in total. The lowest BCUT2D eigenvalue weighted by molar-refractivity contribution is -0.132. The van der Waals surface area contributed by atoms with Gasteiger partial charge in [-0.1, -0.05) is 116 Å². The molecule has 0 fully saturated rings. The van der Waals surface area contributed by atoms with E-state index in [4.69, 9.17) is 6.42 Å². The molecule has 5 nitrogen and oxygen atoms in total. The van der Waals surface area contributed by atoms with E-state index in [1.54, 1.807) is 6.08 Å². The first kappa shape index (κ1) is 41.8. The summed E-state index contributed by atoms with van der Waals surface area (Å²) in [5.41, 5.74) is 9.77. The number of fused-ring (bicyclic) bond motifs is 1. The first-order valence-electron chi connectivity index (χ1n) is 20.6. The fourth-order valence-electron chi connectivity index (χ4n) is 7.70. The van der Waals surface area contributed by atoms with E-state index in [-0.39, 0.29) is 5.57 Å². The van der Waals surface area contributed by atoms with Crippen molar-refractivity contribution >= 4 is 74.4 Å². The Kier molecular flexibility index (Phi) is 13.2. The zero-order valence-corrected chi connectivity index (χ0v) is 35.8. The van der Waals surface area contributed by atoms with Crippen LogP contribution in [0.3, 0.4) is 0 Å². The molecule has 0 saturated carbocycles. The highest BCUT2D eigenvalue weighted by molar-refractivity contribution is 7.16. The van der Waals surface area contributed by atoms with Crippen molar-refractivity contribution in [2.24, 2.45) is 0 Å². The summed E-state index contributed by atoms with van der Waals surface area (Å²) in [5, 5.41) is 23.7. The van der Waals surface area contributed by atoms with Gasteiger partial charge in [-0.2, -0.15) is 5.26 Å². The Hall–Kier alpha value is -7.30.